The van der Waals surface area contributed by atoms with Gasteiger partial charge in [0.15, 0.2) is 5.82 Å². The second-order valence-electron chi connectivity index (χ2n) is 4.17. The summed E-state index contributed by atoms with van der Waals surface area (Å²) < 4.78 is 0. The number of H-pyrrole nitrogens is 1. The summed E-state index contributed by atoms with van der Waals surface area (Å²) in [4.78, 5) is 8.47. The van der Waals surface area contributed by atoms with Crippen molar-refractivity contribution in [2.45, 2.75) is 6.04 Å². The van der Waals surface area contributed by atoms with Gasteiger partial charge in [-0.15, -0.1) is 0 Å². The molecule has 3 aromatic rings. The average molecular weight is 251 g/mol. The van der Waals surface area contributed by atoms with Crippen LogP contribution in [0.2, 0.25) is 0 Å². The quantitative estimate of drug-likeness (QED) is 0.745. The lowest BCUT2D eigenvalue weighted by atomic mass is 10.1. The standard InChI is InChI=1S/C14H13N5/c15-12(10-5-2-1-3-6-10)14-17-13(18-19-14)11-7-4-8-16-9-11/h1-9,12H,15H2,(H,17,18,19)/t12-/m1/s1. The Kier molecular flexibility index (Phi) is 3.04. The molecule has 0 saturated heterocycles. The number of aromatic nitrogens is 4. The molecule has 1 atom stereocenters. The van der Waals surface area contributed by atoms with Crippen molar-refractivity contribution in [2.24, 2.45) is 5.73 Å². The van der Waals surface area contributed by atoms with Gasteiger partial charge in [0, 0.05) is 18.0 Å². The number of benzene rings is 1. The molecule has 0 amide bonds. The van der Waals surface area contributed by atoms with Crippen molar-refractivity contribution in [1.82, 2.24) is 20.2 Å². The van der Waals surface area contributed by atoms with Crippen molar-refractivity contribution in [2.75, 3.05) is 0 Å². The van der Waals surface area contributed by atoms with Gasteiger partial charge in [-0.05, 0) is 17.7 Å². The van der Waals surface area contributed by atoms with Crippen molar-refractivity contribution in [3.63, 3.8) is 0 Å². The van der Waals surface area contributed by atoms with Crippen LogP contribution in [0.4, 0.5) is 0 Å². The maximum absolute atomic E-state index is 6.16. The van der Waals surface area contributed by atoms with Crippen LogP contribution < -0.4 is 5.73 Å². The first-order chi connectivity index (χ1) is 9.34. The predicted octanol–water partition coefficient (Wildman–Crippen LogP) is 1.91. The predicted molar refractivity (Wildman–Crippen MR) is 72.1 cm³/mol. The van der Waals surface area contributed by atoms with E-state index < -0.39 is 0 Å². The van der Waals surface area contributed by atoms with E-state index in [1.54, 1.807) is 12.4 Å². The molecule has 0 radical (unpaired) electrons. The number of hydrogen-bond acceptors (Lipinski definition) is 4. The third-order valence-electron chi connectivity index (χ3n) is 2.88. The topological polar surface area (TPSA) is 80.5 Å². The normalized spacial score (nSPS) is 12.3. The van der Waals surface area contributed by atoms with Gasteiger partial charge in [-0.1, -0.05) is 30.3 Å². The van der Waals surface area contributed by atoms with Gasteiger partial charge in [-0.2, -0.15) is 5.10 Å². The van der Waals surface area contributed by atoms with E-state index in [4.69, 9.17) is 5.73 Å². The molecule has 5 nitrogen and oxygen atoms in total. The third-order valence-corrected chi connectivity index (χ3v) is 2.88. The minimum absolute atomic E-state index is 0.306. The maximum Gasteiger partial charge on any atom is 0.182 e. The molecule has 0 saturated carbocycles. The smallest absolute Gasteiger partial charge is 0.182 e. The summed E-state index contributed by atoms with van der Waals surface area (Å²) in [6, 6.07) is 13.3. The van der Waals surface area contributed by atoms with Crippen molar-refractivity contribution in [3.8, 4) is 11.4 Å². The van der Waals surface area contributed by atoms with Gasteiger partial charge in [0.2, 0.25) is 0 Å². The number of pyridine rings is 1. The number of hydrogen-bond donors (Lipinski definition) is 2. The highest BCUT2D eigenvalue weighted by atomic mass is 15.2. The Morgan fingerprint density at radius 1 is 1.05 bits per heavy atom. The summed E-state index contributed by atoms with van der Waals surface area (Å²) >= 11 is 0. The van der Waals surface area contributed by atoms with Crippen LogP contribution in [0.25, 0.3) is 11.4 Å². The van der Waals surface area contributed by atoms with E-state index in [2.05, 4.69) is 20.2 Å². The van der Waals surface area contributed by atoms with Crippen molar-refractivity contribution in [1.29, 1.82) is 0 Å². The number of rotatable bonds is 3. The highest BCUT2D eigenvalue weighted by Crippen LogP contribution is 2.19. The van der Waals surface area contributed by atoms with Gasteiger partial charge in [-0.25, -0.2) is 4.98 Å². The van der Waals surface area contributed by atoms with E-state index in [1.807, 2.05) is 42.5 Å². The first-order valence-electron chi connectivity index (χ1n) is 5.98. The first-order valence-corrected chi connectivity index (χ1v) is 5.98. The van der Waals surface area contributed by atoms with Crippen LogP contribution in [0.15, 0.2) is 54.9 Å². The molecule has 0 bridgehead atoms. The molecular formula is C14H13N5. The minimum Gasteiger partial charge on any atom is -0.318 e. The summed E-state index contributed by atoms with van der Waals surface area (Å²) in [5, 5.41) is 7.07. The fraction of sp³-hybridized carbons (Fsp3) is 0.0714. The molecule has 0 fully saturated rings. The monoisotopic (exact) mass is 251 g/mol. The zero-order valence-corrected chi connectivity index (χ0v) is 10.2. The molecule has 19 heavy (non-hydrogen) atoms. The fourth-order valence-corrected chi connectivity index (χ4v) is 1.86. The lowest BCUT2D eigenvalue weighted by molar-refractivity contribution is 0.787. The maximum atomic E-state index is 6.16. The average Bonchev–Trinajstić information content (AvgIpc) is 2.98. The van der Waals surface area contributed by atoms with Crippen molar-refractivity contribution in [3.05, 3.63) is 66.2 Å². The molecule has 0 aliphatic rings. The zero-order chi connectivity index (χ0) is 13.1. The summed E-state index contributed by atoms with van der Waals surface area (Å²) in [7, 11) is 0. The number of nitrogens with one attached hydrogen (secondary N) is 1. The Hall–Kier alpha value is -2.53. The van der Waals surface area contributed by atoms with Crippen molar-refractivity contribution < 1.29 is 0 Å². The molecule has 0 aliphatic carbocycles. The van der Waals surface area contributed by atoms with Gasteiger partial charge in [0.05, 0.1) is 6.04 Å². The van der Waals surface area contributed by atoms with Gasteiger partial charge in [0.1, 0.15) is 5.82 Å². The van der Waals surface area contributed by atoms with Crippen LogP contribution in [0, 0.1) is 0 Å². The summed E-state index contributed by atoms with van der Waals surface area (Å²) in [5.74, 6) is 1.25. The van der Waals surface area contributed by atoms with Gasteiger partial charge in [-0.3, -0.25) is 10.1 Å². The molecule has 5 heteroatoms. The highest BCUT2D eigenvalue weighted by Gasteiger charge is 2.14. The molecule has 3 rings (SSSR count). The van der Waals surface area contributed by atoms with E-state index in [-0.39, 0.29) is 6.04 Å². The Labute approximate surface area is 110 Å². The number of aromatic amines is 1. The Morgan fingerprint density at radius 3 is 2.63 bits per heavy atom. The number of nitrogens with two attached hydrogens (primary N) is 1. The third kappa shape index (κ3) is 2.36. The van der Waals surface area contributed by atoms with Gasteiger partial charge >= 0.3 is 0 Å². The van der Waals surface area contributed by atoms with Crippen LogP contribution >= 0.6 is 0 Å². The molecule has 3 N–H and O–H groups in total. The molecule has 94 valence electrons. The molecule has 2 heterocycles. The van der Waals surface area contributed by atoms with Gasteiger partial charge < -0.3 is 5.73 Å². The summed E-state index contributed by atoms with van der Waals surface area (Å²) in [6.45, 7) is 0. The van der Waals surface area contributed by atoms with Crippen molar-refractivity contribution >= 4 is 0 Å². The van der Waals surface area contributed by atoms with E-state index in [0.29, 0.717) is 11.6 Å². The second kappa shape index (κ2) is 4.99. The summed E-state index contributed by atoms with van der Waals surface area (Å²) in [5.41, 5.74) is 8.02. The van der Waals surface area contributed by atoms with Crippen LogP contribution in [0.1, 0.15) is 17.4 Å². The Balaban J connectivity index is 1.90. The van der Waals surface area contributed by atoms with E-state index in [9.17, 15) is 0 Å². The van der Waals surface area contributed by atoms with Crippen LogP contribution in [0.3, 0.4) is 0 Å². The molecule has 0 spiro atoms. The molecule has 0 unspecified atom stereocenters. The molecule has 0 aliphatic heterocycles. The van der Waals surface area contributed by atoms with Crippen LogP contribution in [-0.4, -0.2) is 20.2 Å². The molecule has 1 aromatic carbocycles. The van der Waals surface area contributed by atoms with Gasteiger partial charge in [0.25, 0.3) is 0 Å². The van der Waals surface area contributed by atoms with Crippen LogP contribution in [-0.2, 0) is 0 Å². The van der Waals surface area contributed by atoms with E-state index in [1.165, 1.54) is 0 Å². The number of nitrogens with zero attached hydrogens (tertiary/aromatic N) is 3. The minimum atomic E-state index is -0.306. The SMILES string of the molecule is N[C@H](c1ccccc1)c1nc(-c2cccnc2)n[nH]1. The lowest BCUT2D eigenvalue weighted by Crippen LogP contribution is -2.13. The fourth-order valence-electron chi connectivity index (χ4n) is 1.86. The Morgan fingerprint density at radius 2 is 1.89 bits per heavy atom. The molecule has 2 aromatic heterocycles. The van der Waals surface area contributed by atoms with E-state index >= 15 is 0 Å². The largest absolute Gasteiger partial charge is 0.318 e. The summed E-state index contributed by atoms with van der Waals surface area (Å²) in [6.07, 6.45) is 3.44. The molecular weight excluding hydrogens is 238 g/mol. The highest BCUT2D eigenvalue weighted by molar-refractivity contribution is 5.52. The zero-order valence-electron chi connectivity index (χ0n) is 10.2. The second-order valence-corrected chi connectivity index (χ2v) is 4.17. The van der Waals surface area contributed by atoms with Crippen LogP contribution in [0.5, 0.6) is 0 Å². The first kappa shape index (κ1) is 11.6. The lowest BCUT2D eigenvalue weighted by Gasteiger charge is -2.07. The Bertz CT molecular complexity index is 648. The van der Waals surface area contributed by atoms with E-state index in [0.717, 1.165) is 11.1 Å².